The van der Waals surface area contributed by atoms with Gasteiger partial charge in [0.1, 0.15) is 0 Å². The van der Waals surface area contributed by atoms with Gasteiger partial charge in [0, 0.05) is 13.8 Å². The first kappa shape index (κ1) is 8.61. The van der Waals surface area contributed by atoms with Crippen molar-refractivity contribution in [2.45, 2.75) is 13.8 Å². The molecule has 0 aliphatic heterocycles. The van der Waals surface area contributed by atoms with Gasteiger partial charge in [-0.1, -0.05) is 0 Å². The lowest BCUT2D eigenvalue weighted by Crippen LogP contribution is -2.40. The van der Waals surface area contributed by atoms with Crippen LogP contribution < -0.4 is 10.6 Å². The molecule has 0 saturated heterocycles. The zero-order valence-corrected chi connectivity index (χ0v) is 5.72. The van der Waals surface area contributed by atoms with Crippen LogP contribution in [0.15, 0.2) is 0 Å². The minimum atomic E-state index is -0.792. The van der Waals surface area contributed by atoms with Gasteiger partial charge in [-0.3, -0.25) is 20.2 Å². The zero-order valence-electron chi connectivity index (χ0n) is 5.72. The van der Waals surface area contributed by atoms with Crippen molar-refractivity contribution in [1.29, 1.82) is 0 Å². The number of nitrogens with one attached hydrogen (secondary N) is 2. The van der Waals surface area contributed by atoms with Crippen LogP contribution in [-0.2, 0) is 9.59 Å². The Morgan fingerprint density at radius 3 is 1.40 bits per heavy atom. The highest BCUT2D eigenvalue weighted by atomic mass is 16.2. The lowest BCUT2D eigenvalue weighted by atomic mass is 10.6. The van der Waals surface area contributed by atoms with E-state index in [-0.39, 0.29) is 0 Å². The monoisotopic (exact) mass is 144 g/mol. The Hall–Kier alpha value is -1.39. The molecule has 0 unspecified atom stereocenters. The number of hydrogen-bond acceptors (Lipinski definition) is 3. The van der Waals surface area contributed by atoms with E-state index < -0.39 is 17.8 Å². The number of urea groups is 1. The van der Waals surface area contributed by atoms with Crippen LogP contribution in [0.1, 0.15) is 13.8 Å². The SMILES string of the molecule is CC(=O)NC(=O)NC(C)=O. The fraction of sp³-hybridized carbons (Fsp3) is 0.400. The topological polar surface area (TPSA) is 75.3 Å². The lowest BCUT2D eigenvalue weighted by Gasteiger charge is -1.98. The highest BCUT2D eigenvalue weighted by molar-refractivity contribution is 6.00. The van der Waals surface area contributed by atoms with Crippen LogP contribution in [-0.4, -0.2) is 17.8 Å². The molecular formula is C5H8N2O3. The number of rotatable bonds is 0. The molecule has 0 aliphatic carbocycles. The van der Waals surface area contributed by atoms with Gasteiger partial charge in [0.05, 0.1) is 0 Å². The summed E-state index contributed by atoms with van der Waals surface area (Å²) in [5.41, 5.74) is 0. The molecule has 0 bridgehead atoms. The molecule has 4 amide bonds. The van der Waals surface area contributed by atoms with Crippen molar-refractivity contribution in [3.8, 4) is 0 Å². The van der Waals surface area contributed by atoms with Gasteiger partial charge < -0.3 is 0 Å². The summed E-state index contributed by atoms with van der Waals surface area (Å²) in [5, 5.41) is 3.73. The second-order valence-electron chi connectivity index (χ2n) is 1.69. The van der Waals surface area contributed by atoms with Crippen molar-refractivity contribution in [3.63, 3.8) is 0 Å². The van der Waals surface area contributed by atoms with Crippen LogP contribution >= 0.6 is 0 Å². The van der Waals surface area contributed by atoms with Crippen LogP contribution in [0.5, 0.6) is 0 Å². The molecule has 0 aliphatic rings. The Labute approximate surface area is 57.8 Å². The molecule has 0 saturated carbocycles. The van der Waals surface area contributed by atoms with Crippen LogP contribution in [0.25, 0.3) is 0 Å². The van der Waals surface area contributed by atoms with Crippen LogP contribution in [0.2, 0.25) is 0 Å². The normalized spacial score (nSPS) is 8.20. The predicted octanol–water partition coefficient (Wildman–Crippen LogP) is -0.621. The summed E-state index contributed by atoms with van der Waals surface area (Å²) in [6.45, 7) is 2.36. The third-order valence-corrected chi connectivity index (χ3v) is 0.579. The molecule has 0 atom stereocenters. The molecule has 0 radical (unpaired) electrons. The van der Waals surface area contributed by atoms with Crippen molar-refractivity contribution < 1.29 is 14.4 Å². The summed E-state index contributed by atoms with van der Waals surface area (Å²) in [4.78, 5) is 30.7. The van der Waals surface area contributed by atoms with E-state index in [0.29, 0.717) is 0 Å². The van der Waals surface area contributed by atoms with E-state index in [4.69, 9.17) is 0 Å². The highest BCUT2D eigenvalue weighted by Crippen LogP contribution is 1.65. The van der Waals surface area contributed by atoms with Gasteiger partial charge in [-0.2, -0.15) is 0 Å². The van der Waals surface area contributed by atoms with Crippen LogP contribution in [0.4, 0.5) is 4.79 Å². The van der Waals surface area contributed by atoms with Gasteiger partial charge in [0.2, 0.25) is 11.8 Å². The molecule has 0 rings (SSSR count). The largest absolute Gasteiger partial charge is 0.328 e. The molecule has 2 N–H and O–H groups in total. The lowest BCUT2D eigenvalue weighted by molar-refractivity contribution is -0.118. The standard InChI is InChI=1S/C5H8N2O3/c1-3(8)6-5(10)7-4(2)9/h1-2H3,(H2,6,7,8,9,10). The van der Waals surface area contributed by atoms with E-state index in [9.17, 15) is 14.4 Å². The molecule has 0 fully saturated rings. The quantitative estimate of drug-likeness (QED) is 0.475. The molecule has 5 heteroatoms. The molecule has 10 heavy (non-hydrogen) atoms. The Kier molecular flexibility index (Phi) is 3.10. The average Bonchev–Trinajstić information content (AvgIpc) is 1.58. The Morgan fingerprint density at radius 2 is 1.20 bits per heavy atom. The number of carbonyl (C=O) groups is 3. The van der Waals surface area contributed by atoms with Crippen molar-refractivity contribution in [1.82, 2.24) is 10.6 Å². The highest BCUT2D eigenvalue weighted by Gasteiger charge is 2.02. The summed E-state index contributed by atoms with van der Waals surface area (Å²) in [6.07, 6.45) is 0. The summed E-state index contributed by atoms with van der Waals surface area (Å²) in [5.74, 6) is -1.00. The third kappa shape index (κ3) is 4.76. The molecular weight excluding hydrogens is 136 g/mol. The van der Waals surface area contributed by atoms with E-state index in [2.05, 4.69) is 0 Å². The van der Waals surface area contributed by atoms with E-state index in [1.165, 1.54) is 13.8 Å². The van der Waals surface area contributed by atoms with Gasteiger partial charge in [-0.05, 0) is 0 Å². The maximum absolute atomic E-state index is 10.4. The fourth-order valence-electron chi connectivity index (χ4n) is 0.351. The molecule has 56 valence electrons. The smallest absolute Gasteiger partial charge is 0.278 e. The summed E-state index contributed by atoms with van der Waals surface area (Å²) < 4.78 is 0. The maximum atomic E-state index is 10.4. The minimum Gasteiger partial charge on any atom is -0.278 e. The van der Waals surface area contributed by atoms with Crippen molar-refractivity contribution >= 4 is 17.8 Å². The van der Waals surface area contributed by atoms with Crippen LogP contribution in [0.3, 0.4) is 0 Å². The van der Waals surface area contributed by atoms with Gasteiger partial charge in [0.15, 0.2) is 0 Å². The van der Waals surface area contributed by atoms with Crippen molar-refractivity contribution in [3.05, 3.63) is 0 Å². The first-order valence-corrected chi connectivity index (χ1v) is 2.61. The Balaban J connectivity index is 3.65. The molecule has 0 spiro atoms. The number of hydrogen-bond donors (Lipinski definition) is 2. The first-order chi connectivity index (χ1) is 4.52. The number of carbonyl (C=O) groups excluding carboxylic acids is 3. The summed E-state index contributed by atoms with van der Waals surface area (Å²) in [7, 11) is 0. The molecule has 0 aromatic carbocycles. The van der Waals surface area contributed by atoms with Gasteiger partial charge in [-0.15, -0.1) is 0 Å². The molecule has 0 heterocycles. The Morgan fingerprint density at radius 1 is 0.900 bits per heavy atom. The second-order valence-corrected chi connectivity index (χ2v) is 1.69. The molecule has 0 aromatic rings. The minimum absolute atomic E-state index is 0.501. The zero-order chi connectivity index (χ0) is 8.15. The fourth-order valence-corrected chi connectivity index (χ4v) is 0.351. The van der Waals surface area contributed by atoms with Gasteiger partial charge in [0.25, 0.3) is 0 Å². The first-order valence-electron chi connectivity index (χ1n) is 2.61. The third-order valence-electron chi connectivity index (χ3n) is 0.579. The van der Waals surface area contributed by atoms with Gasteiger partial charge in [-0.25, -0.2) is 4.79 Å². The van der Waals surface area contributed by atoms with Gasteiger partial charge >= 0.3 is 6.03 Å². The van der Waals surface area contributed by atoms with Crippen molar-refractivity contribution in [2.24, 2.45) is 0 Å². The predicted molar refractivity (Wildman–Crippen MR) is 33.0 cm³/mol. The number of amides is 4. The molecule has 5 nitrogen and oxygen atoms in total. The molecule has 0 aromatic heterocycles. The van der Waals surface area contributed by atoms with E-state index in [1.54, 1.807) is 0 Å². The Bertz CT molecular complexity index is 158. The number of imide groups is 2. The maximum Gasteiger partial charge on any atom is 0.328 e. The van der Waals surface area contributed by atoms with E-state index in [1.807, 2.05) is 10.6 Å². The van der Waals surface area contributed by atoms with E-state index in [0.717, 1.165) is 0 Å². The second kappa shape index (κ2) is 3.60. The average molecular weight is 144 g/mol. The summed E-state index contributed by atoms with van der Waals surface area (Å²) in [6, 6.07) is -0.792. The van der Waals surface area contributed by atoms with Crippen molar-refractivity contribution in [2.75, 3.05) is 0 Å². The van der Waals surface area contributed by atoms with Crippen LogP contribution in [0, 0.1) is 0 Å². The van der Waals surface area contributed by atoms with E-state index >= 15 is 0 Å². The summed E-state index contributed by atoms with van der Waals surface area (Å²) >= 11 is 0.